The van der Waals surface area contributed by atoms with Crippen LogP contribution in [-0.4, -0.2) is 35.5 Å². The van der Waals surface area contributed by atoms with Crippen LogP contribution >= 0.6 is 0 Å². The molecule has 0 saturated carbocycles. The molecule has 100 valence electrons. The topological polar surface area (TPSA) is 52.9 Å². The number of phenols is 1. The molecular formula is C13H18FNO3. The molecule has 5 heteroatoms. The Bertz CT molecular complexity index is 405. The Balaban J connectivity index is 2.15. The lowest BCUT2D eigenvalue weighted by Crippen LogP contribution is -2.30. The number of piperidine rings is 1. The number of phenolic OH excluding ortho intramolecular Hbond substituents is 1. The number of para-hydroxylation sites is 1. The molecule has 0 amide bonds. The van der Waals surface area contributed by atoms with Gasteiger partial charge in [-0.1, -0.05) is 12.1 Å². The number of halogens is 1. The van der Waals surface area contributed by atoms with Gasteiger partial charge < -0.3 is 14.9 Å². The molecule has 1 atom stereocenters. The molecule has 0 bridgehead atoms. The van der Waals surface area contributed by atoms with Crippen molar-refractivity contribution in [2.75, 3.05) is 20.2 Å². The summed E-state index contributed by atoms with van der Waals surface area (Å²) in [5.74, 6) is 0.277. The molecule has 1 aromatic rings. The third kappa shape index (κ3) is 2.57. The average Bonchev–Trinajstić information content (AvgIpc) is 2.39. The number of benzene rings is 1. The van der Waals surface area contributed by atoms with Crippen LogP contribution in [0.3, 0.4) is 0 Å². The number of aliphatic hydroxyl groups is 1. The van der Waals surface area contributed by atoms with Crippen molar-refractivity contribution in [3.63, 3.8) is 0 Å². The standard InChI is InChI=1S/C13H18FNO3/c1-18-11-4-2-3-10(13(11)17)12(16)9-5-7-15(14)8-6-9/h2-4,9,12,16-17H,5-8H2,1H3. The Hall–Kier alpha value is -1.33. The zero-order valence-corrected chi connectivity index (χ0v) is 10.3. The Morgan fingerprint density at radius 1 is 1.39 bits per heavy atom. The van der Waals surface area contributed by atoms with Gasteiger partial charge >= 0.3 is 0 Å². The molecule has 2 rings (SSSR count). The van der Waals surface area contributed by atoms with Crippen molar-refractivity contribution in [1.82, 2.24) is 5.12 Å². The van der Waals surface area contributed by atoms with Gasteiger partial charge in [0.1, 0.15) is 0 Å². The maximum absolute atomic E-state index is 12.9. The van der Waals surface area contributed by atoms with E-state index in [0.717, 1.165) is 5.12 Å². The Morgan fingerprint density at radius 2 is 2.06 bits per heavy atom. The summed E-state index contributed by atoms with van der Waals surface area (Å²) in [5, 5.41) is 21.0. The van der Waals surface area contributed by atoms with Crippen LogP contribution in [0.5, 0.6) is 11.5 Å². The fourth-order valence-electron chi connectivity index (χ4n) is 2.38. The zero-order valence-electron chi connectivity index (χ0n) is 10.3. The van der Waals surface area contributed by atoms with Crippen LogP contribution in [0.1, 0.15) is 24.5 Å². The SMILES string of the molecule is COc1cccc(C(O)C2CCN(F)CC2)c1O. The molecule has 4 nitrogen and oxygen atoms in total. The van der Waals surface area contributed by atoms with Gasteiger partial charge in [0.05, 0.1) is 13.2 Å². The van der Waals surface area contributed by atoms with Crippen LogP contribution in [0, 0.1) is 5.92 Å². The molecule has 2 N–H and O–H groups in total. The second kappa shape index (κ2) is 5.54. The lowest BCUT2D eigenvalue weighted by Gasteiger charge is -2.30. The van der Waals surface area contributed by atoms with Gasteiger partial charge in [-0.3, -0.25) is 0 Å². The highest BCUT2D eigenvalue weighted by Crippen LogP contribution is 2.39. The van der Waals surface area contributed by atoms with E-state index >= 15 is 0 Å². The molecule has 18 heavy (non-hydrogen) atoms. The second-order valence-corrected chi connectivity index (χ2v) is 4.59. The molecule has 0 spiro atoms. The van der Waals surface area contributed by atoms with Crippen molar-refractivity contribution in [3.8, 4) is 11.5 Å². The van der Waals surface area contributed by atoms with Gasteiger partial charge in [-0.05, 0) is 24.8 Å². The van der Waals surface area contributed by atoms with E-state index in [-0.39, 0.29) is 11.7 Å². The summed E-state index contributed by atoms with van der Waals surface area (Å²) in [4.78, 5) is 0. The van der Waals surface area contributed by atoms with Crippen LogP contribution < -0.4 is 4.74 Å². The Morgan fingerprint density at radius 3 is 2.67 bits per heavy atom. The predicted octanol–water partition coefficient (Wildman–Crippen LogP) is 2.03. The highest BCUT2D eigenvalue weighted by atomic mass is 19.2. The van der Waals surface area contributed by atoms with E-state index in [1.807, 2.05) is 0 Å². The highest BCUT2D eigenvalue weighted by molar-refractivity contribution is 5.46. The third-order valence-corrected chi connectivity index (χ3v) is 3.50. The zero-order chi connectivity index (χ0) is 13.1. The van der Waals surface area contributed by atoms with E-state index in [4.69, 9.17) is 4.74 Å². The van der Waals surface area contributed by atoms with Gasteiger partial charge in [0.2, 0.25) is 0 Å². The lowest BCUT2D eigenvalue weighted by molar-refractivity contribution is -0.0339. The smallest absolute Gasteiger partial charge is 0.163 e. The summed E-state index contributed by atoms with van der Waals surface area (Å²) in [6, 6.07) is 5.03. The maximum Gasteiger partial charge on any atom is 0.163 e. The molecule has 0 aromatic heterocycles. The molecule has 1 fully saturated rings. The maximum atomic E-state index is 12.9. The molecule has 1 aliphatic rings. The third-order valence-electron chi connectivity index (χ3n) is 3.50. The average molecular weight is 255 g/mol. The summed E-state index contributed by atoms with van der Waals surface area (Å²) in [7, 11) is 1.47. The number of rotatable bonds is 3. The largest absolute Gasteiger partial charge is 0.504 e. The number of hydrogen-bond acceptors (Lipinski definition) is 4. The first-order valence-corrected chi connectivity index (χ1v) is 6.08. The number of hydrogen-bond donors (Lipinski definition) is 2. The molecule has 1 unspecified atom stereocenters. The highest BCUT2D eigenvalue weighted by Gasteiger charge is 2.28. The summed E-state index contributed by atoms with van der Waals surface area (Å²) in [6.07, 6.45) is 0.372. The monoisotopic (exact) mass is 255 g/mol. The minimum absolute atomic E-state index is 0.0322. The predicted molar refractivity (Wildman–Crippen MR) is 65.0 cm³/mol. The van der Waals surface area contributed by atoms with Crippen LogP contribution in [0.2, 0.25) is 0 Å². The normalized spacial score (nSPS) is 19.7. The molecule has 1 saturated heterocycles. The van der Waals surface area contributed by atoms with E-state index < -0.39 is 6.10 Å². The van der Waals surface area contributed by atoms with Crippen molar-refractivity contribution in [1.29, 1.82) is 0 Å². The molecule has 0 radical (unpaired) electrons. The fraction of sp³-hybridized carbons (Fsp3) is 0.538. The Labute approximate surface area is 106 Å². The van der Waals surface area contributed by atoms with E-state index in [1.54, 1.807) is 18.2 Å². The van der Waals surface area contributed by atoms with Crippen molar-refractivity contribution in [2.45, 2.75) is 18.9 Å². The van der Waals surface area contributed by atoms with Crippen molar-refractivity contribution in [2.24, 2.45) is 5.92 Å². The number of aromatic hydroxyl groups is 1. The summed E-state index contributed by atoms with van der Waals surface area (Å²) >= 11 is 0. The van der Waals surface area contributed by atoms with E-state index in [2.05, 4.69) is 0 Å². The van der Waals surface area contributed by atoms with Crippen LogP contribution in [0.4, 0.5) is 4.48 Å². The van der Waals surface area contributed by atoms with Crippen molar-refractivity contribution < 1.29 is 19.4 Å². The van der Waals surface area contributed by atoms with Crippen molar-refractivity contribution in [3.05, 3.63) is 23.8 Å². The number of nitrogens with zero attached hydrogens (tertiary/aromatic N) is 1. The fourth-order valence-corrected chi connectivity index (χ4v) is 2.38. The molecule has 1 heterocycles. The van der Waals surface area contributed by atoms with Gasteiger partial charge in [-0.15, -0.1) is 9.60 Å². The first-order chi connectivity index (χ1) is 8.63. The summed E-state index contributed by atoms with van der Waals surface area (Å²) in [5.41, 5.74) is 0.451. The van der Waals surface area contributed by atoms with Gasteiger partial charge in [0.25, 0.3) is 0 Å². The van der Waals surface area contributed by atoms with Gasteiger partial charge in [-0.2, -0.15) is 0 Å². The molecule has 0 aliphatic carbocycles. The second-order valence-electron chi connectivity index (χ2n) is 4.59. The van der Waals surface area contributed by atoms with Crippen LogP contribution in [-0.2, 0) is 0 Å². The Kier molecular flexibility index (Phi) is 4.04. The summed E-state index contributed by atoms with van der Waals surface area (Å²) < 4.78 is 17.9. The van der Waals surface area contributed by atoms with Gasteiger partial charge in [0.15, 0.2) is 11.5 Å². The minimum Gasteiger partial charge on any atom is -0.504 e. The first-order valence-electron chi connectivity index (χ1n) is 6.08. The van der Waals surface area contributed by atoms with E-state index in [0.29, 0.717) is 37.2 Å². The summed E-state index contributed by atoms with van der Waals surface area (Å²) in [6.45, 7) is 0.652. The molecular weight excluding hydrogens is 237 g/mol. The number of aliphatic hydroxyl groups excluding tert-OH is 1. The van der Waals surface area contributed by atoms with E-state index in [1.165, 1.54) is 7.11 Å². The minimum atomic E-state index is -0.784. The molecule has 1 aromatic carbocycles. The lowest BCUT2D eigenvalue weighted by atomic mass is 9.87. The quantitative estimate of drug-likeness (QED) is 0.811. The number of ether oxygens (including phenoxy) is 1. The van der Waals surface area contributed by atoms with Crippen molar-refractivity contribution >= 4 is 0 Å². The number of methoxy groups -OCH3 is 1. The van der Waals surface area contributed by atoms with Gasteiger partial charge in [-0.25, -0.2) is 0 Å². The van der Waals surface area contributed by atoms with Crippen LogP contribution in [0.15, 0.2) is 18.2 Å². The van der Waals surface area contributed by atoms with Gasteiger partial charge in [0, 0.05) is 18.7 Å². The molecule has 1 aliphatic heterocycles. The van der Waals surface area contributed by atoms with Crippen LogP contribution in [0.25, 0.3) is 0 Å². The first kappa shape index (κ1) is 13.1. The van der Waals surface area contributed by atoms with E-state index in [9.17, 15) is 14.7 Å².